The second-order valence-corrected chi connectivity index (χ2v) is 6.19. The monoisotopic (exact) mass is 350 g/mol. The van der Waals surface area contributed by atoms with Gasteiger partial charge in [0.15, 0.2) is 0 Å². The summed E-state index contributed by atoms with van der Waals surface area (Å²) in [7, 11) is 0. The molecule has 0 saturated carbocycles. The van der Waals surface area contributed by atoms with Gasteiger partial charge in [-0.3, -0.25) is 9.59 Å². The third-order valence-corrected chi connectivity index (χ3v) is 4.88. The van der Waals surface area contributed by atoms with E-state index in [2.05, 4.69) is 20.9 Å². The number of nitrogens with one attached hydrogen (secondary N) is 1. The molecule has 3 rings (SSSR count). The summed E-state index contributed by atoms with van der Waals surface area (Å²) in [4.78, 5) is 28.7. The Morgan fingerprint density at radius 3 is 2.86 bits per heavy atom. The number of fused-ring (bicyclic) bond motifs is 1. The summed E-state index contributed by atoms with van der Waals surface area (Å²) in [6.45, 7) is 2.28. The molecule has 21 heavy (non-hydrogen) atoms. The highest BCUT2D eigenvalue weighted by molar-refractivity contribution is 9.10. The molecule has 2 heterocycles. The van der Waals surface area contributed by atoms with E-state index in [0.29, 0.717) is 18.5 Å². The van der Waals surface area contributed by atoms with E-state index in [-0.39, 0.29) is 11.9 Å². The predicted octanol–water partition coefficient (Wildman–Crippen LogP) is 2.87. The van der Waals surface area contributed by atoms with Gasteiger partial charge in [0.25, 0.3) is 5.91 Å². The smallest absolute Gasteiger partial charge is 0.308 e. The third kappa shape index (κ3) is 2.23. The number of halogens is 1. The normalized spacial score (nSPS) is 21.9. The van der Waals surface area contributed by atoms with Gasteiger partial charge in [-0.2, -0.15) is 0 Å². The molecule has 1 aliphatic heterocycles. The Bertz CT molecular complexity index is 725. The average molecular weight is 351 g/mol. The first kappa shape index (κ1) is 14.1. The molecule has 110 valence electrons. The fourth-order valence-corrected chi connectivity index (χ4v) is 3.60. The number of aromatic nitrogens is 1. The summed E-state index contributed by atoms with van der Waals surface area (Å²) in [5.74, 6) is -1.44. The van der Waals surface area contributed by atoms with E-state index < -0.39 is 11.9 Å². The van der Waals surface area contributed by atoms with Crippen LogP contribution in [0.15, 0.2) is 28.9 Å². The number of rotatable bonds is 2. The van der Waals surface area contributed by atoms with E-state index in [0.717, 1.165) is 15.4 Å². The minimum absolute atomic E-state index is 0.121. The Hall–Kier alpha value is -1.82. The lowest BCUT2D eigenvalue weighted by molar-refractivity contribution is -0.142. The first-order chi connectivity index (χ1) is 10.0. The lowest BCUT2D eigenvalue weighted by Crippen LogP contribution is -2.37. The second-order valence-electron chi connectivity index (χ2n) is 5.34. The van der Waals surface area contributed by atoms with Gasteiger partial charge >= 0.3 is 5.97 Å². The summed E-state index contributed by atoms with van der Waals surface area (Å²) in [6.07, 6.45) is 2.20. The zero-order chi connectivity index (χ0) is 15.1. The molecule has 1 fully saturated rings. The highest BCUT2D eigenvalue weighted by Gasteiger charge is 2.38. The van der Waals surface area contributed by atoms with Gasteiger partial charge in [0.1, 0.15) is 0 Å². The van der Waals surface area contributed by atoms with Crippen molar-refractivity contribution >= 4 is 38.7 Å². The van der Waals surface area contributed by atoms with Gasteiger partial charge in [-0.05, 0) is 25.5 Å². The zero-order valence-electron chi connectivity index (χ0n) is 11.5. The Labute approximate surface area is 130 Å². The van der Waals surface area contributed by atoms with Crippen LogP contribution in [0.2, 0.25) is 0 Å². The maximum absolute atomic E-state index is 12.7. The van der Waals surface area contributed by atoms with Crippen molar-refractivity contribution < 1.29 is 14.7 Å². The maximum atomic E-state index is 12.7. The minimum Gasteiger partial charge on any atom is -0.481 e. The van der Waals surface area contributed by atoms with E-state index in [1.54, 1.807) is 18.0 Å². The number of carbonyl (C=O) groups is 2. The number of nitrogens with zero attached hydrogens (tertiary/aromatic N) is 1. The standard InChI is InChI=1S/C15H15BrN2O3/c1-8-9(15(20)21)5-6-18(8)14(19)10-7-17-12-4-2-3-11(16)13(10)12/h2-4,7-9,17H,5-6H2,1H3,(H,20,21). The molecule has 0 radical (unpaired) electrons. The fraction of sp³-hybridized carbons (Fsp3) is 0.333. The number of benzene rings is 1. The number of carboxylic acids is 1. The van der Waals surface area contributed by atoms with Crippen LogP contribution in [-0.4, -0.2) is 39.5 Å². The molecule has 2 N–H and O–H groups in total. The minimum atomic E-state index is -0.835. The van der Waals surface area contributed by atoms with Crippen LogP contribution in [0.5, 0.6) is 0 Å². The molecule has 2 unspecified atom stereocenters. The van der Waals surface area contributed by atoms with E-state index in [1.807, 2.05) is 18.2 Å². The Morgan fingerprint density at radius 2 is 2.19 bits per heavy atom. The predicted molar refractivity (Wildman–Crippen MR) is 82.2 cm³/mol. The van der Waals surface area contributed by atoms with Gasteiger partial charge < -0.3 is 15.0 Å². The summed E-state index contributed by atoms with van der Waals surface area (Å²) in [6, 6.07) is 5.41. The highest BCUT2D eigenvalue weighted by Crippen LogP contribution is 2.31. The van der Waals surface area contributed by atoms with Crippen molar-refractivity contribution in [3.05, 3.63) is 34.4 Å². The van der Waals surface area contributed by atoms with Gasteiger partial charge in [0.2, 0.25) is 0 Å². The number of hydrogen-bond acceptors (Lipinski definition) is 2. The summed E-state index contributed by atoms with van der Waals surface area (Å²) in [5, 5.41) is 10.0. The van der Waals surface area contributed by atoms with Crippen molar-refractivity contribution in [1.82, 2.24) is 9.88 Å². The number of carbonyl (C=O) groups excluding carboxylic acids is 1. The molecule has 1 aromatic heterocycles. The van der Waals surface area contributed by atoms with Crippen LogP contribution in [0, 0.1) is 5.92 Å². The third-order valence-electron chi connectivity index (χ3n) is 4.22. The maximum Gasteiger partial charge on any atom is 0.308 e. The zero-order valence-corrected chi connectivity index (χ0v) is 13.1. The first-order valence-electron chi connectivity index (χ1n) is 6.80. The van der Waals surface area contributed by atoms with Gasteiger partial charge in [-0.25, -0.2) is 0 Å². The molecule has 1 saturated heterocycles. The van der Waals surface area contributed by atoms with Crippen molar-refractivity contribution in [2.45, 2.75) is 19.4 Å². The van der Waals surface area contributed by atoms with Crippen molar-refractivity contribution in [3.8, 4) is 0 Å². The molecule has 0 bridgehead atoms. The van der Waals surface area contributed by atoms with E-state index in [4.69, 9.17) is 0 Å². The quantitative estimate of drug-likeness (QED) is 0.874. The van der Waals surface area contributed by atoms with Gasteiger partial charge in [0, 0.05) is 34.2 Å². The lowest BCUT2D eigenvalue weighted by Gasteiger charge is -2.23. The van der Waals surface area contributed by atoms with Gasteiger partial charge in [0.05, 0.1) is 11.5 Å². The Morgan fingerprint density at radius 1 is 1.43 bits per heavy atom. The topological polar surface area (TPSA) is 73.4 Å². The molecule has 0 aliphatic carbocycles. The fourth-order valence-electron chi connectivity index (χ4n) is 3.02. The van der Waals surface area contributed by atoms with Crippen LogP contribution in [0.1, 0.15) is 23.7 Å². The molecule has 5 nitrogen and oxygen atoms in total. The second kappa shape index (κ2) is 5.18. The SMILES string of the molecule is CC1C(C(=O)O)CCN1C(=O)c1c[nH]c2cccc(Br)c12. The summed E-state index contributed by atoms with van der Waals surface area (Å²) >= 11 is 3.47. The van der Waals surface area contributed by atoms with Crippen LogP contribution in [0.3, 0.4) is 0 Å². The molecule has 1 aromatic carbocycles. The molecule has 1 amide bonds. The number of aliphatic carboxylic acids is 1. The van der Waals surface area contributed by atoms with Gasteiger partial charge in [-0.1, -0.05) is 22.0 Å². The molecule has 2 atom stereocenters. The van der Waals surface area contributed by atoms with Crippen molar-refractivity contribution in [2.75, 3.05) is 6.54 Å². The molecule has 0 spiro atoms. The van der Waals surface area contributed by atoms with Gasteiger partial charge in [-0.15, -0.1) is 0 Å². The molecule has 6 heteroatoms. The molecule has 2 aromatic rings. The van der Waals surface area contributed by atoms with Crippen LogP contribution < -0.4 is 0 Å². The van der Waals surface area contributed by atoms with Crippen molar-refractivity contribution in [3.63, 3.8) is 0 Å². The van der Waals surface area contributed by atoms with Crippen LogP contribution in [0.25, 0.3) is 10.9 Å². The van der Waals surface area contributed by atoms with Crippen LogP contribution >= 0.6 is 15.9 Å². The van der Waals surface area contributed by atoms with Crippen molar-refractivity contribution in [1.29, 1.82) is 0 Å². The Kier molecular flexibility index (Phi) is 3.49. The lowest BCUT2D eigenvalue weighted by atomic mass is 10.0. The van der Waals surface area contributed by atoms with Crippen LogP contribution in [-0.2, 0) is 4.79 Å². The van der Waals surface area contributed by atoms with E-state index in [1.165, 1.54) is 0 Å². The number of hydrogen-bond donors (Lipinski definition) is 2. The molecular weight excluding hydrogens is 336 g/mol. The number of likely N-dealkylation sites (tertiary alicyclic amines) is 1. The number of amides is 1. The summed E-state index contributed by atoms with van der Waals surface area (Å²) < 4.78 is 0.853. The average Bonchev–Trinajstić information content (AvgIpc) is 3.02. The Balaban J connectivity index is 1.97. The summed E-state index contributed by atoms with van der Waals surface area (Å²) in [5.41, 5.74) is 1.46. The highest BCUT2D eigenvalue weighted by atomic mass is 79.9. The number of H-pyrrole nitrogens is 1. The van der Waals surface area contributed by atoms with E-state index >= 15 is 0 Å². The van der Waals surface area contributed by atoms with E-state index in [9.17, 15) is 14.7 Å². The molecule has 1 aliphatic rings. The first-order valence-corrected chi connectivity index (χ1v) is 7.59. The molecular formula is C15H15BrN2O3. The number of aromatic amines is 1. The van der Waals surface area contributed by atoms with Crippen molar-refractivity contribution in [2.24, 2.45) is 5.92 Å². The van der Waals surface area contributed by atoms with Crippen LogP contribution in [0.4, 0.5) is 0 Å². The largest absolute Gasteiger partial charge is 0.481 e. The number of carboxylic acid groups (broad SMARTS) is 1.